The molecule has 0 radical (unpaired) electrons. The Morgan fingerprint density at radius 1 is 0.913 bits per heavy atom. The van der Waals surface area contributed by atoms with Crippen molar-refractivity contribution in [3.05, 3.63) is 64.7 Å². The van der Waals surface area contributed by atoms with Crippen LogP contribution in [0.25, 0.3) is 0 Å². The third kappa shape index (κ3) is 4.50. The minimum absolute atomic E-state index is 0.317. The summed E-state index contributed by atoms with van der Waals surface area (Å²) in [7, 11) is 1.46. The van der Waals surface area contributed by atoms with Crippen LogP contribution < -0.4 is 4.74 Å². The quantitative estimate of drug-likeness (QED) is 0.573. The summed E-state index contributed by atoms with van der Waals surface area (Å²) in [6, 6.07) is 12.9. The molecule has 0 heterocycles. The minimum Gasteiger partial charge on any atom is -0.496 e. The van der Waals surface area contributed by atoms with Crippen molar-refractivity contribution in [1.82, 2.24) is 0 Å². The fourth-order valence-electron chi connectivity index (χ4n) is 2.13. The summed E-state index contributed by atoms with van der Waals surface area (Å²) in [5.74, 6) is -0.717. The number of benzene rings is 2. The second kappa shape index (κ2) is 7.70. The standard InChI is InChI=1S/C18H15ClO4/c1-23-18-5-3-2-4-15(18)17(22)11-14(20)10-16(21)12-6-8-13(19)9-7-12/h2-9H,10-11H2,1H3. The predicted octanol–water partition coefficient (Wildman–Crippen LogP) is 3.76. The van der Waals surface area contributed by atoms with E-state index in [-0.39, 0.29) is 24.4 Å². The van der Waals surface area contributed by atoms with E-state index in [0.717, 1.165) is 0 Å². The van der Waals surface area contributed by atoms with Gasteiger partial charge in [0.15, 0.2) is 11.6 Å². The maximum absolute atomic E-state index is 12.2. The molecule has 0 aliphatic heterocycles. The van der Waals surface area contributed by atoms with Gasteiger partial charge in [-0.3, -0.25) is 14.4 Å². The average Bonchev–Trinajstić information content (AvgIpc) is 2.55. The van der Waals surface area contributed by atoms with Gasteiger partial charge in [-0.2, -0.15) is 0 Å². The van der Waals surface area contributed by atoms with Crippen LogP contribution in [0.2, 0.25) is 5.02 Å². The third-order valence-corrected chi connectivity index (χ3v) is 3.54. The Bertz CT molecular complexity index is 735. The molecule has 23 heavy (non-hydrogen) atoms. The summed E-state index contributed by atoms with van der Waals surface area (Å²) in [6.07, 6.45) is -0.651. The molecule has 5 heteroatoms. The Labute approximate surface area is 139 Å². The van der Waals surface area contributed by atoms with Gasteiger partial charge in [-0.1, -0.05) is 23.7 Å². The number of hydrogen-bond donors (Lipinski definition) is 0. The molecule has 2 aromatic rings. The Balaban J connectivity index is 2.00. The normalized spacial score (nSPS) is 10.2. The molecular formula is C18H15ClO4. The van der Waals surface area contributed by atoms with Crippen molar-refractivity contribution in [2.24, 2.45) is 0 Å². The first-order valence-electron chi connectivity index (χ1n) is 6.98. The molecule has 0 aliphatic rings. The van der Waals surface area contributed by atoms with E-state index in [1.165, 1.54) is 7.11 Å². The number of para-hydroxylation sites is 1. The third-order valence-electron chi connectivity index (χ3n) is 3.29. The van der Waals surface area contributed by atoms with E-state index in [4.69, 9.17) is 16.3 Å². The van der Waals surface area contributed by atoms with Crippen molar-refractivity contribution < 1.29 is 19.1 Å². The predicted molar refractivity (Wildman–Crippen MR) is 87.3 cm³/mol. The molecule has 0 atom stereocenters. The summed E-state index contributed by atoms with van der Waals surface area (Å²) >= 11 is 5.75. The maximum Gasteiger partial charge on any atom is 0.173 e. The number of methoxy groups -OCH3 is 1. The van der Waals surface area contributed by atoms with Gasteiger partial charge in [-0.05, 0) is 36.4 Å². The highest BCUT2D eigenvalue weighted by molar-refractivity contribution is 6.30. The topological polar surface area (TPSA) is 60.4 Å². The lowest BCUT2D eigenvalue weighted by Crippen LogP contribution is -2.13. The zero-order valence-electron chi connectivity index (χ0n) is 12.5. The number of carbonyl (C=O) groups excluding carboxylic acids is 3. The summed E-state index contributed by atoms with van der Waals surface area (Å²) in [6.45, 7) is 0. The number of carbonyl (C=O) groups is 3. The SMILES string of the molecule is COc1ccccc1C(=O)CC(=O)CC(=O)c1ccc(Cl)cc1. The second-order valence-electron chi connectivity index (χ2n) is 4.95. The van der Waals surface area contributed by atoms with E-state index in [0.29, 0.717) is 21.9 Å². The van der Waals surface area contributed by atoms with Gasteiger partial charge in [0.2, 0.25) is 0 Å². The van der Waals surface area contributed by atoms with Crippen molar-refractivity contribution in [3.63, 3.8) is 0 Å². The summed E-state index contributed by atoms with van der Waals surface area (Å²) in [5, 5.41) is 0.513. The first-order chi connectivity index (χ1) is 11.0. The molecule has 118 valence electrons. The molecule has 0 saturated carbocycles. The first kappa shape index (κ1) is 16.9. The highest BCUT2D eigenvalue weighted by Gasteiger charge is 2.18. The number of ketones is 3. The van der Waals surface area contributed by atoms with E-state index in [2.05, 4.69) is 0 Å². The van der Waals surface area contributed by atoms with Crippen LogP contribution in [0.3, 0.4) is 0 Å². The van der Waals surface area contributed by atoms with Crippen molar-refractivity contribution in [3.8, 4) is 5.75 Å². The van der Waals surface area contributed by atoms with Crippen LogP contribution in [0.4, 0.5) is 0 Å². The second-order valence-corrected chi connectivity index (χ2v) is 5.38. The Kier molecular flexibility index (Phi) is 5.66. The van der Waals surface area contributed by atoms with Crippen LogP contribution in [0, 0.1) is 0 Å². The zero-order valence-corrected chi connectivity index (χ0v) is 13.3. The summed E-state index contributed by atoms with van der Waals surface area (Å²) < 4.78 is 5.10. The smallest absolute Gasteiger partial charge is 0.173 e. The van der Waals surface area contributed by atoms with E-state index in [1.807, 2.05) is 0 Å². The van der Waals surface area contributed by atoms with Crippen LogP contribution in [0.5, 0.6) is 5.75 Å². The van der Waals surface area contributed by atoms with Crippen LogP contribution in [0.1, 0.15) is 33.6 Å². The molecular weight excluding hydrogens is 316 g/mol. The largest absolute Gasteiger partial charge is 0.496 e. The Morgan fingerprint density at radius 3 is 2.17 bits per heavy atom. The van der Waals surface area contributed by atoms with Gasteiger partial charge in [0.1, 0.15) is 11.5 Å². The van der Waals surface area contributed by atoms with Gasteiger partial charge < -0.3 is 4.74 Å². The highest BCUT2D eigenvalue weighted by Crippen LogP contribution is 2.19. The maximum atomic E-state index is 12.2. The Morgan fingerprint density at radius 2 is 1.52 bits per heavy atom. The fraction of sp³-hybridized carbons (Fsp3) is 0.167. The lowest BCUT2D eigenvalue weighted by atomic mass is 10.00. The molecule has 0 bridgehead atoms. The molecule has 0 aliphatic carbocycles. The zero-order chi connectivity index (χ0) is 16.8. The van der Waals surface area contributed by atoms with Gasteiger partial charge in [-0.15, -0.1) is 0 Å². The Hall–Kier alpha value is -2.46. The van der Waals surface area contributed by atoms with Gasteiger partial charge in [0, 0.05) is 10.6 Å². The number of Topliss-reactive ketones (excluding diaryl/α,β-unsaturated/α-hetero) is 3. The first-order valence-corrected chi connectivity index (χ1v) is 7.35. The van der Waals surface area contributed by atoms with Crippen LogP contribution >= 0.6 is 11.6 Å². The molecule has 0 unspecified atom stereocenters. The monoisotopic (exact) mass is 330 g/mol. The van der Waals surface area contributed by atoms with Crippen LogP contribution in [-0.2, 0) is 4.79 Å². The summed E-state index contributed by atoms with van der Waals surface area (Å²) in [5.41, 5.74) is 0.731. The van der Waals surface area contributed by atoms with Gasteiger partial charge in [0.25, 0.3) is 0 Å². The fourth-order valence-corrected chi connectivity index (χ4v) is 2.25. The number of rotatable bonds is 7. The molecule has 2 aromatic carbocycles. The van der Waals surface area contributed by atoms with Crippen LogP contribution in [-0.4, -0.2) is 24.5 Å². The van der Waals surface area contributed by atoms with Crippen LogP contribution in [0.15, 0.2) is 48.5 Å². The van der Waals surface area contributed by atoms with Crippen molar-refractivity contribution in [2.75, 3.05) is 7.11 Å². The van der Waals surface area contributed by atoms with Gasteiger partial charge >= 0.3 is 0 Å². The van der Waals surface area contributed by atoms with Crippen molar-refractivity contribution in [1.29, 1.82) is 0 Å². The summed E-state index contributed by atoms with van der Waals surface area (Å²) in [4.78, 5) is 36.1. The number of ether oxygens (including phenoxy) is 1. The molecule has 0 spiro atoms. The van der Waals surface area contributed by atoms with E-state index < -0.39 is 5.78 Å². The number of halogens is 1. The molecule has 0 amide bonds. The molecule has 0 fully saturated rings. The molecule has 4 nitrogen and oxygen atoms in total. The van der Waals surface area contributed by atoms with E-state index in [9.17, 15) is 14.4 Å². The minimum atomic E-state index is -0.430. The lowest BCUT2D eigenvalue weighted by Gasteiger charge is -2.06. The van der Waals surface area contributed by atoms with E-state index >= 15 is 0 Å². The van der Waals surface area contributed by atoms with Crippen molar-refractivity contribution in [2.45, 2.75) is 12.8 Å². The van der Waals surface area contributed by atoms with Gasteiger partial charge in [-0.25, -0.2) is 0 Å². The molecule has 0 N–H and O–H groups in total. The average molecular weight is 331 g/mol. The molecule has 0 saturated heterocycles. The molecule has 2 rings (SSSR count). The number of hydrogen-bond acceptors (Lipinski definition) is 4. The van der Waals surface area contributed by atoms with E-state index in [1.54, 1.807) is 48.5 Å². The lowest BCUT2D eigenvalue weighted by molar-refractivity contribution is -0.117. The van der Waals surface area contributed by atoms with Crippen molar-refractivity contribution >= 4 is 29.0 Å². The highest BCUT2D eigenvalue weighted by atomic mass is 35.5. The molecule has 0 aromatic heterocycles. The van der Waals surface area contributed by atoms with Gasteiger partial charge in [0.05, 0.1) is 25.5 Å².